The maximum atomic E-state index is 13.7. The van der Waals surface area contributed by atoms with Crippen LogP contribution in [0.4, 0.5) is 18.0 Å². The third-order valence-electron chi connectivity index (χ3n) is 3.94. The molecule has 0 aliphatic carbocycles. The molecule has 1 N–H and O–H groups in total. The van der Waals surface area contributed by atoms with Crippen LogP contribution in [0, 0.1) is 5.82 Å². The van der Waals surface area contributed by atoms with Crippen molar-refractivity contribution in [2.75, 3.05) is 26.2 Å². The number of urea groups is 1. The van der Waals surface area contributed by atoms with Crippen molar-refractivity contribution in [3.8, 4) is 5.75 Å². The van der Waals surface area contributed by atoms with E-state index in [1.54, 1.807) is 11.0 Å². The molecule has 5 nitrogen and oxygen atoms in total. The second kappa shape index (κ2) is 6.04. The first kappa shape index (κ1) is 15.0. The average Bonchev–Trinajstić information content (AvgIpc) is 2.83. The first-order chi connectivity index (χ1) is 10.5. The molecule has 0 spiro atoms. The molecule has 8 heteroatoms. The summed E-state index contributed by atoms with van der Waals surface area (Å²) >= 11 is 0. The zero-order valence-corrected chi connectivity index (χ0v) is 11.8. The molecule has 2 heterocycles. The lowest BCUT2D eigenvalue weighted by atomic mass is 10.1. The van der Waals surface area contributed by atoms with Crippen LogP contribution in [0.15, 0.2) is 18.2 Å². The molecule has 2 amide bonds. The lowest BCUT2D eigenvalue weighted by molar-refractivity contribution is -0.0522. The first-order valence-corrected chi connectivity index (χ1v) is 7.03. The van der Waals surface area contributed by atoms with Crippen LogP contribution in [-0.4, -0.2) is 54.7 Å². The number of fused-ring (bicyclic) bond motifs is 1. The highest BCUT2D eigenvalue weighted by atomic mass is 19.3. The van der Waals surface area contributed by atoms with E-state index in [2.05, 4.69) is 15.0 Å². The molecule has 1 aromatic carbocycles. The van der Waals surface area contributed by atoms with Crippen molar-refractivity contribution in [3.63, 3.8) is 0 Å². The number of piperazine rings is 1. The van der Waals surface area contributed by atoms with Gasteiger partial charge in [0, 0.05) is 32.7 Å². The lowest BCUT2D eigenvalue weighted by Gasteiger charge is -2.36. The molecule has 0 bridgehead atoms. The fourth-order valence-electron chi connectivity index (χ4n) is 2.90. The summed E-state index contributed by atoms with van der Waals surface area (Å²) in [4.78, 5) is 15.4. The number of hydrogen-bond acceptors (Lipinski definition) is 3. The molecule has 0 saturated carbocycles. The Hall–Kier alpha value is -1.96. The van der Waals surface area contributed by atoms with Crippen LogP contribution in [0.1, 0.15) is 5.56 Å². The van der Waals surface area contributed by atoms with Crippen LogP contribution in [0.25, 0.3) is 0 Å². The van der Waals surface area contributed by atoms with E-state index in [0.717, 1.165) is 0 Å². The number of nitrogens with one attached hydrogen (secondary N) is 1. The molecule has 0 aromatic heterocycles. The van der Waals surface area contributed by atoms with Crippen LogP contribution < -0.4 is 10.1 Å². The van der Waals surface area contributed by atoms with Crippen LogP contribution in [0.5, 0.6) is 5.75 Å². The van der Waals surface area contributed by atoms with Crippen molar-refractivity contribution in [2.24, 2.45) is 0 Å². The molecule has 2 saturated heterocycles. The molecule has 0 unspecified atom stereocenters. The van der Waals surface area contributed by atoms with Crippen molar-refractivity contribution in [3.05, 3.63) is 29.6 Å². The number of carbonyl (C=O) groups is 1. The minimum atomic E-state index is -3.04. The van der Waals surface area contributed by atoms with Crippen molar-refractivity contribution in [1.82, 2.24) is 15.1 Å². The number of hydrogen-bond donors (Lipinski definition) is 1. The molecular weight excluding hydrogens is 299 g/mol. The molecule has 2 aliphatic heterocycles. The molecule has 1 aromatic rings. The van der Waals surface area contributed by atoms with Gasteiger partial charge in [-0.1, -0.05) is 6.07 Å². The van der Waals surface area contributed by atoms with E-state index in [4.69, 9.17) is 0 Å². The highest BCUT2D eigenvalue weighted by Crippen LogP contribution is 2.22. The second-order valence-corrected chi connectivity index (χ2v) is 5.41. The SMILES string of the molecule is O=C1NC[C@@H]2CN(Cc3ccc(OC(F)F)c(F)c3)CCN12. The van der Waals surface area contributed by atoms with Crippen molar-refractivity contribution in [1.29, 1.82) is 0 Å². The van der Waals surface area contributed by atoms with Gasteiger partial charge in [0.25, 0.3) is 0 Å². The van der Waals surface area contributed by atoms with Crippen molar-refractivity contribution < 1.29 is 22.7 Å². The average molecular weight is 315 g/mol. The van der Waals surface area contributed by atoms with Crippen LogP contribution in [0.3, 0.4) is 0 Å². The van der Waals surface area contributed by atoms with Gasteiger partial charge in [0.15, 0.2) is 11.6 Å². The Kier molecular flexibility index (Phi) is 4.10. The van der Waals surface area contributed by atoms with Gasteiger partial charge in [-0.05, 0) is 17.7 Å². The lowest BCUT2D eigenvalue weighted by Crippen LogP contribution is -2.51. The Balaban J connectivity index is 1.62. The van der Waals surface area contributed by atoms with Gasteiger partial charge in [-0.15, -0.1) is 0 Å². The van der Waals surface area contributed by atoms with Crippen molar-refractivity contribution >= 4 is 6.03 Å². The minimum absolute atomic E-state index is 0.0378. The van der Waals surface area contributed by atoms with E-state index in [1.807, 2.05) is 0 Å². The summed E-state index contributed by atoms with van der Waals surface area (Å²) in [6.07, 6.45) is 0. The molecular formula is C14H16F3N3O2. The second-order valence-electron chi connectivity index (χ2n) is 5.41. The minimum Gasteiger partial charge on any atom is -0.432 e. The number of nitrogens with zero attached hydrogens (tertiary/aromatic N) is 2. The number of halogens is 3. The Labute approximate surface area is 125 Å². The van der Waals surface area contributed by atoms with Crippen LogP contribution in [-0.2, 0) is 6.54 Å². The smallest absolute Gasteiger partial charge is 0.387 e. The maximum Gasteiger partial charge on any atom is 0.387 e. The highest BCUT2D eigenvalue weighted by molar-refractivity contribution is 5.77. The summed E-state index contributed by atoms with van der Waals surface area (Å²) in [5, 5.41) is 2.79. The normalized spacial score (nSPS) is 21.9. The first-order valence-electron chi connectivity index (χ1n) is 7.03. The van der Waals surface area contributed by atoms with Gasteiger partial charge in [-0.3, -0.25) is 4.90 Å². The largest absolute Gasteiger partial charge is 0.432 e. The maximum absolute atomic E-state index is 13.7. The van der Waals surface area contributed by atoms with Crippen molar-refractivity contribution in [2.45, 2.75) is 19.2 Å². The third-order valence-corrected chi connectivity index (χ3v) is 3.94. The van der Waals surface area contributed by atoms with Gasteiger partial charge in [0.1, 0.15) is 0 Å². The number of benzene rings is 1. The monoisotopic (exact) mass is 315 g/mol. The number of ether oxygens (including phenoxy) is 1. The number of alkyl halides is 2. The van der Waals surface area contributed by atoms with E-state index in [-0.39, 0.29) is 12.1 Å². The van der Waals surface area contributed by atoms with Gasteiger partial charge in [-0.25, -0.2) is 9.18 Å². The number of rotatable bonds is 4. The Morgan fingerprint density at radius 3 is 2.91 bits per heavy atom. The summed E-state index contributed by atoms with van der Waals surface area (Å²) in [7, 11) is 0. The Bertz CT molecular complexity index is 570. The number of amides is 2. The fourth-order valence-corrected chi connectivity index (χ4v) is 2.90. The summed E-state index contributed by atoms with van der Waals surface area (Å²) in [6.45, 7) is 0.109. The zero-order chi connectivity index (χ0) is 15.7. The predicted octanol–water partition coefficient (Wildman–Crippen LogP) is 1.64. The van der Waals surface area contributed by atoms with E-state index in [9.17, 15) is 18.0 Å². The van der Waals surface area contributed by atoms with Gasteiger partial charge < -0.3 is 15.0 Å². The van der Waals surface area contributed by atoms with E-state index in [1.165, 1.54) is 12.1 Å². The molecule has 2 fully saturated rings. The van der Waals surface area contributed by atoms with E-state index >= 15 is 0 Å². The van der Waals surface area contributed by atoms with Gasteiger partial charge >= 0.3 is 12.6 Å². The van der Waals surface area contributed by atoms with Crippen LogP contribution >= 0.6 is 0 Å². The summed E-state index contributed by atoms with van der Waals surface area (Å²) in [5.74, 6) is -1.25. The molecule has 22 heavy (non-hydrogen) atoms. The van der Waals surface area contributed by atoms with Crippen LogP contribution in [0.2, 0.25) is 0 Å². The zero-order valence-electron chi connectivity index (χ0n) is 11.8. The van der Waals surface area contributed by atoms with Gasteiger partial charge in [-0.2, -0.15) is 8.78 Å². The molecule has 1 atom stereocenters. The van der Waals surface area contributed by atoms with E-state index in [0.29, 0.717) is 38.3 Å². The molecule has 0 radical (unpaired) electrons. The quantitative estimate of drug-likeness (QED) is 0.919. The summed E-state index contributed by atoms with van der Waals surface area (Å²) in [6, 6.07) is 4.10. The summed E-state index contributed by atoms with van der Waals surface area (Å²) in [5.41, 5.74) is 0.685. The Morgan fingerprint density at radius 1 is 1.36 bits per heavy atom. The third kappa shape index (κ3) is 3.11. The molecule has 2 aliphatic rings. The summed E-state index contributed by atoms with van der Waals surface area (Å²) < 4.78 is 42.0. The topological polar surface area (TPSA) is 44.8 Å². The van der Waals surface area contributed by atoms with Gasteiger partial charge in [0.05, 0.1) is 6.04 Å². The number of carbonyl (C=O) groups excluding carboxylic acids is 1. The van der Waals surface area contributed by atoms with E-state index < -0.39 is 18.2 Å². The fraction of sp³-hybridized carbons (Fsp3) is 0.500. The Morgan fingerprint density at radius 2 is 2.18 bits per heavy atom. The highest BCUT2D eigenvalue weighted by Gasteiger charge is 2.35. The predicted molar refractivity (Wildman–Crippen MR) is 72.2 cm³/mol. The molecule has 120 valence electrons. The molecule has 3 rings (SSSR count). The van der Waals surface area contributed by atoms with Gasteiger partial charge in [0.2, 0.25) is 0 Å². The standard InChI is InChI=1S/C14H16F3N3O2/c15-11-5-9(1-2-12(11)22-13(16)17)7-19-3-4-20-10(8-19)6-18-14(20)21/h1-2,5,10,13H,3-4,6-8H2,(H,18,21)/t10-/m1/s1.